The molecule has 1 aromatic heterocycles. The highest BCUT2D eigenvalue weighted by atomic mass is 32.7. The molecule has 0 radical (unpaired) electrons. The molecule has 12 heteroatoms. The number of hydrogen-bond acceptors (Lipinski definition) is 6. The molecule has 174 valence electrons. The van der Waals surface area contributed by atoms with E-state index in [1.807, 2.05) is 26.8 Å². The Labute approximate surface area is 190 Å². The summed E-state index contributed by atoms with van der Waals surface area (Å²) in [6.07, 6.45) is 0. The van der Waals surface area contributed by atoms with Crippen molar-refractivity contribution in [1.82, 2.24) is 9.88 Å². The number of carbonyl (C=O) groups is 1. The first kappa shape index (κ1) is 25.5. The van der Waals surface area contributed by atoms with E-state index in [1.165, 1.54) is 4.57 Å². The lowest BCUT2D eigenvalue weighted by Crippen LogP contribution is -2.41. The van der Waals surface area contributed by atoms with Crippen LogP contribution in [0.5, 0.6) is 0 Å². The van der Waals surface area contributed by atoms with Crippen LogP contribution in [0, 0.1) is 6.92 Å². The van der Waals surface area contributed by atoms with Crippen molar-refractivity contribution in [2.45, 2.75) is 38.1 Å². The second kappa shape index (κ2) is 11.8. The van der Waals surface area contributed by atoms with E-state index in [9.17, 15) is 13.8 Å². The fraction of sp³-hybridized carbons (Fsp3) is 0.350. The van der Waals surface area contributed by atoms with Crippen LogP contribution >= 0.6 is 7.27 Å². The molecule has 2 aromatic rings. The van der Waals surface area contributed by atoms with Gasteiger partial charge in [-0.1, -0.05) is 26.0 Å². The summed E-state index contributed by atoms with van der Waals surface area (Å²) in [5, 5.41) is 6.24. The van der Waals surface area contributed by atoms with E-state index in [-0.39, 0.29) is 42.8 Å². The summed E-state index contributed by atoms with van der Waals surface area (Å²) in [5.41, 5.74) is 17.8. The monoisotopic (exact) mass is 480 g/mol. The van der Waals surface area contributed by atoms with Crippen molar-refractivity contribution in [2.24, 2.45) is 22.1 Å². The normalized spacial score (nSPS) is 12.8. The molecule has 2 unspecified atom stereocenters. The average molecular weight is 481 g/mol. The van der Waals surface area contributed by atoms with Gasteiger partial charge in [0.2, 0.25) is 11.9 Å². The summed E-state index contributed by atoms with van der Waals surface area (Å²) >= 11 is 0. The van der Waals surface area contributed by atoms with Crippen molar-refractivity contribution < 1.29 is 13.8 Å². The van der Waals surface area contributed by atoms with Crippen molar-refractivity contribution in [2.75, 3.05) is 13.2 Å². The lowest BCUT2D eigenvalue weighted by molar-refractivity contribution is -0.122. The number of carbonyl (C=O) groups excluding carboxylic acids is 1. The Morgan fingerprint density at radius 3 is 2.62 bits per heavy atom. The fourth-order valence-electron chi connectivity index (χ4n) is 2.90. The number of aromatic nitrogens is 1. The molecule has 0 aliphatic carbocycles. The summed E-state index contributed by atoms with van der Waals surface area (Å²) in [6, 6.07) is 10.6. The minimum atomic E-state index is -1.79. The lowest BCUT2D eigenvalue weighted by atomic mass is 10.1. The smallest absolute Gasteiger partial charge is 0.261 e. The number of nitrogens with two attached hydrogens (primary N) is 3. The van der Waals surface area contributed by atoms with Crippen LogP contribution in [0.3, 0.4) is 0 Å². The number of guanidine groups is 1. The number of amides is 1. The number of nitrogens with one attached hydrogen (secondary N) is 1. The largest absolute Gasteiger partial charge is 0.391 e. The Kier molecular flexibility index (Phi) is 9.37. The van der Waals surface area contributed by atoms with Crippen molar-refractivity contribution in [3.05, 3.63) is 58.0 Å². The molecule has 0 fully saturated rings. The number of oxime groups is 1. The molecule has 0 saturated carbocycles. The van der Waals surface area contributed by atoms with Crippen molar-refractivity contribution in [3.63, 3.8) is 0 Å². The van der Waals surface area contributed by atoms with E-state index in [1.54, 1.807) is 30.3 Å². The Morgan fingerprint density at radius 1 is 1.28 bits per heavy atom. The van der Waals surface area contributed by atoms with Crippen LogP contribution in [0.1, 0.15) is 31.0 Å². The van der Waals surface area contributed by atoms with Crippen LogP contribution in [0.15, 0.2) is 51.2 Å². The first-order valence-electron chi connectivity index (χ1n) is 9.86. The Balaban J connectivity index is 2.24. The molecule has 2 rings (SSSR count). The highest BCUT2D eigenvalue weighted by molar-refractivity contribution is 8.48. The van der Waals surface area contributed by atoms with Crippen LogP contribution in [-0.2, 0) is 26.6 Å². The highest BCUT2D eigenvalue weighted by Gasteiger charge is 2.23. The number of aryl methyl sites for hydroxylation is 1. The van der Waals surface area contributed by atoms with E-state index in [4.69, 9.17) is 21.8 Å². The molecule has 2 atom stereocenters. The molecule has 1 heterocycles. The summed E-state index contributed by atoms with van der Waals surface area (Å²) in [7, 11) is -3.36. The van der Waals surface area contributed by atoms with Gasteiger partial charge in [-0.2, -0.15) is 0 Å². The first-order chi connectivity index (χ1) is 15.1. The van der Waals surface area contributed by atoms with Gasteiger partial charge in [0.1, 0.15) is 13.2 Å². The van der Waals surface area contributed by atoms with Crippen LogP contribution < -0.4 is 33.2 Å². The van der Waals surface area contributed by atoms with E-state index in [2.05, 4.69) is 10.5 Å². The average Bonchev–Trinajstić information content (AvgIpc) is 2.73. The summed E-state index contributed by atoms with van der Waals surface area (Å²) in [5.74, 6) is -0.621. The highest BCUT2D eigenvalue weighted by Crippen LogP contribution is 2.34. The topological polar surface area (TPSA) is 168 Å². The number of hydrogen-bond donors (Lipinski definition) is 4. The summed E-state index contributed by atoms with van der Waals surface area (Å²) in [6.45, 7) is 5.75. The second-order valence-corrected chi connectivity index (χ2v) is 11.6. The standard InChI is InChI=1S/C20H29N6O4PS/c1-13(2)16-7-8-17(31(23)32(29)15-6-4-5-14(3)11-15)19(28)26(16)12-18(27)24-9-10-30-25-20(21)22/h4-8,11,13H,9-10,12,23H2,1-3H3,(H,24,27)(H4,21,22,25). The minimum Gasteiger partial charge on any atom is -0.391 e. The van der Waals surface area contributed by atoms with E-state index < -0.39 is 23.3 Å². The van der Waals surface area contributed by atoms with Gasteiger partial charge in [-0.3, -0.25) is 15.1 Å². The van der Waals surface area contributed by atoms with E-state index in [0.29, 0.717) is 10.6 Å². The Morgan fingerprint density at radius 2 is 2.00 bits per heavy atom. The predicted octanol–water partition coefficient (Wildman–Crippen LogP) is 0.305. The number of benzene rings is 1. The number of pyridine rings is 1. The van der Waals surface area contributed by atoms with Crippen LogP contribution in [0.2, 0.25) is 0 Å². The molecular weight excluding hydrogens is 451 g/mol. The first-order valence-corrected chi connectivity index (χ1v) is 13.0. The maximum Gasteiger partial charge on any atom is 0.261 e. The molecule has 0 bridgehead atoms. The SMILES string of the molecule is Cc1cccc(S(=O)P(N)c2ccc(C(C)C)n(CC(=O)NCCON=C(N)N)c2=O)c1. The minimum absolute atomic E-state index is 0.0129. The zero-order valence-electron chi connectivity index (χ0n) is 18.3. The second-order valence-electron chi connectivity index (χ2n) is 7.28. The summed E-state index contributed by atoms with van der Waals surface area (Å²) in [4.78, 5) is 31.0. The number of rotatable bonds is 10. The molecule has 0 spiro atoms. The Bertz CT molecular complexity index is 1070. The van der Waals surface area contributed by atoms with Gasteiger partial charge in [-0.15, -0.1) is 0 Å². The molecule has 1 aromatic carbocycles. The van der Waals surface area contributed by atoms with Gasteiger partial charge in [0, 0.05) is 10.6 Å². The third-order valence-electron chi connectivity index (χ3n) is 4.37. The molecule has 0 aliphatic heterocycles. The van der Waals surface area contributed by atoms with Gasteiger partial charge in [0.05, 0.1) is 29.5 Å². The van der Waals surface area contributed by atoms with Crippen LogP contribution in [0.25, 0.3) is 0 Å². The lowest BCUT2D eigenvalue weighted by Gasteiger charge is -2.19. The maximum absolute atomic E-state index is 13.2. The summed E-state index contributed by atoms with van der Waals surface area (Å²) < 4.78 is 14.4. The molecule has 7 N–H and O–H groups in total. The van der Waals surface area contributed by atoms with Crippen molar-refractivity contribution >= 4 is 34.9 Å². The maximum atomic E-state index is 13.2. The van der Waals surface area contributed by atoms with Gasteiger partial charge in [0.15, 0.2) is 0 Å². The van der Waals surface area contributed by atoms with Gasteiger partial charge in [-0.25, -0.2) is 4.21 Å². The fourth-order valence-corrected chi connectivity index (χ4v) is 6.29. The molecule has 32 heavy (non-hydrogen) atoms. The molecular formula is C20H29N6O4PS. The van der Waals surface area contributed by atoms with Crippen molar-refractivity contribution in [3.8, 4) is 0 Å². The van der Waals surface area contributed by atoms with Gasteiger partial charge < -0.3 is 26.2 Å². The predicted molar refractivity (Wildman–Crippen MR) is 128 cm³/mol. The van der Waals surface area contributed by atoms with Crippen LogP contribution in [-0.4, -0.2) is 33.8 Å². The third kappa shape index (κ3) is 6.88. The van der Waals surface area contributed by atoms with Gasteiger partial charge in [0.25, 0.3) is 5.56 Å². The third-order valence-corrected chi connectivity index (χ3v) is 8.50. The molecule has 1 amide bonds. The molecule has 0 aliphatic rings. The molecule has 0 saturated heterocycles. The Hall–Kier alpha value is -2.75. The van der Waals surface area contributed by atoms with E-state index >= 15 is 0 Å². The van der Waals surface area contributed by atoms with E-state index in [0.717, 1.165) is 5.56 Å². The zero-order chi connectivity index (χ0) is 23.8. The quantitative estimate of drug-likeness (QED) is 0.125. The molecule has 10 nitrogen and oxygen atoms in total. The van der Waals surface area contributed by atoms with Gasteiger partial charge in [-0.05, 0) is 47.8 Å². The van der Waals surface area contributed by atoms with Gasteiger partial charge >= 0.3 is 0 Å². The van der Waals surface area contributed by atoms with Crippen LogP contribution in [0.4, 0.5) is 0 Å². The van der Waals surface area contributed by atoms with Crippen molar-refractivity contribution in [1.29, 1.82) is 0 Å². The number of nitrogens with zero attached hydrogens (tertiary/aromatic N) is 2. The zero-order valence-corrected chi connectivity index (χ0v) is 20.0.